The maximum absolute atomic E-state index is 12.0. The van der Waals surface area contributed by atoms with Crippen LogP contribution in [0.4, 0.5) is 0 Å². The van der Waals surface area contributed by atoms with Gasteiger partial charge in [-0.2, -0.15) is 0 Å². The Morgan fingerprint density at radius 3 is 3.00 bits per heavy atom. The van der Waals surface area contributed by atoms with Crippen LogP contribution in [0.25, 0.3) is 0 Å². The van der Waals surface area contributed by atoms with Crippen LogP contribution in [0.2, 0.25) is 0 Å². The van der Waals surface area contributed by atoms with Gasteiger partial charge in [0.25, 0.3) is 0 Å². The second kappa shape index (κ2) is 3.52. The van der Waals surface area contributed by atoms with E-state index in [0.29, 0.717) is 11.7 Å². The van der Waals surface area contributed by atoms with E-state index in [9.17, 15) is 4.79 Å². The summed E-state index contributed by atoms with van der Waals surface area (Å²) in [7, 11) is 0. The van der Waals surface area contributed by atoms with Crippen LogP contribution in [0, 0.1) is 11.3 Å². The summed E-state index contributed by atoms with van der Waals surface area (Å²) in [5, 5.41) is 0. The third-order valence-corrected chi connectivity index (χ3v) is 4.19. The van der Waals surface area contributed by atoms with Crippen molar-refractivity contribution in [2.45, 2.75) is 52.4 Å². The number of hydrogen-bond donors (Lipinski definition) is 0. The highest BCUT2D eigenvalue weighted by Crippen LogP contribution is 2.46. The smallest absolute Gasteiger partial charge is 0.139 e. The molecule has 0 aromatic rings. The highest BCUT2D eigenvalue weighted by molar-refractivity contribution is 5.85. The maximum Gasteiger partial charge on any atom is 0.139 e. The van der Waals surface area contributed by atoms with Crippen LogP contribution >= 0.6 is 0 Å². The fourth-order valence-corrected chi connectivity index (χ4v) is 2.97. The van der Waals surface area contributed by atoms with E-state index in [-0.39, 0.29) is 5.41 Å². The Balaban J connectivity index is 2.28. The highest BCUT2D eigenvalue weighted by atomic mass is 16.1. The van der Waals surface area contributed by atoms with Gasteiger partial charge >= 0.3 is 0 Å². The summed E-state index contributed by atoms with van der Waals surface area (Å²) in [5.74, 6) is 1.14. The quantitative estimate of drug-likeness (QED) is 0.537. The van der Waals surface area contributed by atoms with Crippen molar-refractivity contribution >= 4 is 5.78 Å². The molecule has 0 aromatic carbocycles. The topological polar surface area (TPSA) is 17.1 Å². The van der Waals surface area contributed by atoms with E-state index in [0.717, 1.165) is 25.7 Å². The number of hydrogen-bond acceptors (Lipinski definition) is 1. The van der Waals surface area contributed by atoms with Gasteiger partial charge in [-0.15, -0.1) is 0 Å². The largest absolute Gasteiger partial charge is 0.299 e. The molecule has 2 aliphatic carbocycles. The molecule has 2 atom stereocenters. The minimum Gasteiger partial charge on any atom is -0.299 e. The van der Waals surface area contributed by atoms with Gasteiger partial charge in [-0.1, -0.05) is 25.0 Å². The van der Waals surface area contributed by atoms with Gasteiger partial charge in [0.1, 0.15) is 5.78 Å². The maximum atomic E-state index is 12.0. The molecule has 0 saturated heterocycles. The second-order valence-corrected chi connectivity index (χ2v) is 5.24. The average Bonchev–Trinajstić information content (AvgIpc) is 2.29. The summed E-state index contributed by atoms with van der Waals surface area (Å²) in [6.07, 6.45) is 8.86. The predicted octanol–water partition coefficient (Wildman–Crippen LogP) is 3.49. The Kier molecular flexibility index (Phi) is 2.50. The summed E-state index contributed by atoms with van der Waals surface area (Å²) >= 11 is 0. The summed E-state index contributed by atoms with van der Waals surface area (Å²) in [6, 6.07) is 0. The zero-order valence-corrected chi connectivity index (χ0v) is 9.31. The first kappa shape index (κ1) is 9.95. The number of fused-ring (bicyclic) bond motifs is 1. The first-order valence-electron chi connectivity index (χ1n) is 5.82. The van der Waals surface area contributed by atoms with Crippen LogP contribution in [-0.2, 0) is 4.79 Å². The average molecular weight is 192 g/mol. The van der Waals surface area contributed by atoms with Gasteiger partial charge in [-0.3, -0.25) is 4.79 Å². The summed E-state index contributed by atoms with van der Waals surface area (Å²) in [5.41, 5.74) is 1.47. The molecule has 1 saturated carbocycles. The molecule has 0 radical (unpaired) electrons. The lowest BCUT2D eigenvalue weighted by Gasteiger charge is -2.38. The summed E-state index contributed by atoms with van der Waals surface area (Å²) in [4.78, 5) is 12.0. The van der Waals surface area contributed by atoms with E-state index < -0.39 is 0 Å². The van der Waals surface area contributed by atoms with Gasteiger partial charge in [0.2, 0.25) is 0 Å². The Labute approximate surface area is 86.6 Å². The fourth-order valence-electron chi connectivity index (χ4n) is 2.97. The molecular formula is C13H20O. The standard InChI is InChI=1S/C13H20O/c1-10-7-8-13(2)11(9-10)5-3-4-6-12(13)14/h7,11H,3-6,8-9H2,1-2H3/t11-,13+/m0/s1. The molecule has 1 heteroatoms. The van der Waals surface area contributed by atoms with Crippen LogP contribution in [0.3, 0.4) is 0 Å². The molecule has 0 heterocycles. The molecule has 0 unspecified atom stereocenters. The van der Waals surface area contributed by atoms with Crippen molar-refractivity contribution in [3.8, 4) is 0 Å². The van der Waals surface area contributed by atoms with Crippen LogP contribution in [-0.4, -0.2) is 5.78 Å². The molecule has 78 valence electrons. The minimum absolute atomic E-state index is 0.0178. The van der Waals surface area contributed by atoms with Crippen LogP contribution in [0.1, 0.15) is 52.4 Å². The van der Waals surface area contributed by atoms with E-state index in [1.54, 1.807) is 0 Å². The van der Waals surface area contributed by atoms with Gasteiger partial charge in [0, 0.05) is 11.8 Å². The molecule has 1 nitrogen and oxygen atoms in total. The van der Waals surface area contributed by atoms with Crippen molar-refractivity contribution in [3.05, 3.63) is 11.6 Å². The van der Waals surface area contributed by atoms with Crippen LogP contribution in [0.15, 0.2) is 11.6 Å². The highest BCUT2D eigenvalue weighted by Gasteiger charge is 2.42. The number of carbonyl (C=O) groups excluding carboxylic acids is 1. The third-order valence-electron chi connectivity index (χ3n) is 4.19. The predicted molar refractivity (Wildman–Crippen MR) is 58.1 cm³/mol. The molecule has 14 heavy (non-hydrogen) atoms. The van der Waals surface area contributed by atoms with Crippen LogP contribution in [0.5, 0.6) is 0 Å². The zero-order valence-electron chi connectivity index (χ0n) is 9.31. The van der Waals surface area contributed by atoms with Crippen molar-refractivity contribution in [1.29, 1.82) is 0 Å². The van der Waals surface area contributed by atoms with Crippen molar-refractivity contribution in [1.82, 2.24) is 0 Å². The van der Waals surface area contributed by atoms with Gasteiger partial charge in [0.05, 0.1) is 0 Å². The Bertz CT molecular complexity index is 277. The number of Topliss-reactive ketones (excluding diaryl/α,β-unsaturated/α-hetero) is 1. The lowest BCUT2D eigenvalue weighted by molar-refractivity contribution is -0.130. The summed E-state index contributed by atoms with van der Waals surface area (Å²) in [6.45, 7) is 4.39. The monoisotopic (exact) mass is 192 g/mol. The number of carbonyl (C=O) groups is 1. The molecule has 0 amide bonds. The first-order chi connectivity index (χ1) is 6.63. The number of ketones is 1. The molecule has 0 aliphatic heterocycles. The van der Waals surface area contributed by atoms with Gasteiger partial charge < -0.3 is 0 Å². The lowest BCUT2D eigenvalue weighted by Crippen LogP contribution is -2.36. The minimum atomic E-state index is -0.0178. The van der Waals surface area contributed by atoms with Crippen LogP contribution < -0.4 is 0 Å². The first-order valence-corrected chi connectivity index (χ1v) is 5.82. The SMILES string of the molecule is CC1=CC[C@@]2(C)C(=O)CCCC[C@H]2C1. The van der Waals surface area contributed by atoms with Gasteiger partial charge in [-0.25, -0.2) is 0 Å². The fraction of sp³-hybridized carbons (Fsp3) is 0.769. The Morgan fingerprint density at radius 2 is 2.21 bits per heavy atom. The van der Waals surface area contributed by atoms with E-state index in [1.807, 2.05) is 0 Å². The van der Waals surface area contributed by atoms with E-state index in [4.69, 9.17) is 0 Å². The molecule has 0 N–H and O–H groups in total. The summed E-state index contributed by atoms with van der Waals surface area (Å²) < 4.78 is 0. The molecule has 2 aliphatic rings. The molecule has 0 aromatic heterocycles. The number of rotatable bonds is 0. The normalized spacial score (nSPS) is 38.6. The third kappa shape index (κ3) is 1.53. The molecule has 0 spiro atoms. The van der Waals surface area contributed by atoms with E-state index >= 15 is 0 Å². The number of allylic oxidation sites excluding steroid dienone is 2. The zero-order chi connectivity index (χ0) is 10.2. The van der Waals surface area contributed by atoms with Crippen molar-refractivity contribution < 1.29 is 4.79 Å². The van der Waals surface area contributed by atoms with Crippen molar-refractivity contribution in [2.24, 2.45) is 11.3 Å². The lowest BCUT2D eigenvalue weighted by atomic mass is 9.65. The Hall–Kier alpha value is -0.590. The second-order valence-electron chi connectivity index (χ2n) is 5.24. The molecule has 2 rings (SSSR count). The van der Waals surface area contributed by atoms with E-state index in [2.05, 4.69) is 19.9 Å². The van der Waals surface area contributed by atoms with Gasteiger partial charge in [-0.05, 0) is 38.5 Å². The molecule has 0 bridgehead atoms. The van der Waals surface area contributed by atoms with E-state index in [1.165, 1.54) is 18.4 Å². The van der Waals surface area contributed by atoms with Crippen molar-refractivity contribution in [2.75, 3.05) is 0 Å². The van der Waals surface area contributed by atoms with Gasteiger partial charge in [0.15, 0.2) is 0 Å². The Morgan fingerprint density at radius 1 is 1.43 bits per heavy atom. The molecule has 1 fully saturated rings. The molecular weight excluding hydrogens is 172 g/mol. The van der Waals surface area contributed by atoms with Crippen molar-refractivity contribution in [3.63, 3.8) is 0 Å².